The van der Waals surface area contributed by atoms with Crippen LogP contribution in [0.3, 0.4) is 0 Å². The number of esters is 1. The van der Waals surface area contributed by atoms with Crippen molar-refractivity contribution >= 4 is 11.7 Å². The molecule has 4 heteroatoms. The highest BCUT2D eigenvalue weighted by molar-refractivity contribution is 5.85. The van der Waals surface area contributed by atoms with Crippen LogP contribution >= 0.6 is 0 Å². The Kier molecular flexibility index (Phi) is 5.57. The van der Waals surface area contributed by atoms with Crippen molar-refractivity contribution in [2.24, 2.45) is 0 Å². The molecule has 0 amide bonds. The Hall–Kier alpha value is -1.81. The molecule has 0 heterocycles. The third-order valence-corrected chi connectivity index (χ3v) is 3.03. The fourth-order valence-corrected chi connectivity index (χ4v) is 1.78. The van der Waals surface area contributed by atoms with E-state index in [0.29, 0.717) is 6.61 Å². The number of hydrogen-bond donors (Lipinski definition) is 1. The van der Waals surface area contributed by atoms with E-state index in [-0.39, 0.29) is 5.76 Å². The molecule has 0 spiro atoms. The van der Waals surface area contributed by atoms with Crippen molar-refractivity contribution in [2.45, 2.75) is 13.3 Å². The Morgan fingerprint density at radius 2 is 1.95 bits per heavy atom. The zero-order valence-corrected chi connectivity index (χ0v) is 11.8. The van der Waals surface area contributed by atoms with Gasteiger partial charge in [-0.1, -0.05) is 18.2 Å². The summed E-state index contributed by atoms with van der Waals surface area (Å²) in [7, 11) is 4.22. The fourth-order valence-electron chi connectivity index (χ4n) is 1.78. The second-order valence-corrected chi connectivity index (χ2v) is 4.91. The molecule has 0 aliphatic rings. The van der Waals surface area contributed by atoms with Gasteiger partial charge >= 0.3 is 5.97 Å². The first-order chi connectivity index (χ1) is 8.97. The number of rotatable bonds is 6. The van der Waals surface area contributed by atoms with Gasteiger partial charge < -0.3 is 9.84 Å². The van der Waals surface area contributed by atoms with Crippen LogP contribution in [0.15, 0.2) is 42.2 Å². The lowest BCUT2D eigenvalue weighted by atomic mass is 10.2. The summed E-state index contributed by atoms with van der Waals surface area (Å²) in [5.41, 5.74) is 1.21. The fraction of sp³-hybridized carbons (Fsp3) is 0.400. The molecule has 104 valence electrons. The summed E-state index contributed by atoms with van der Waals surface area (Å²) in [6.07, 6.45) is 2.07. The van der Waals surface area contributed by atoms with Crippen LogP contribution in [0.1, 0.15) is 13.3 Å². The smallest absolute Gasteiger partial charge is 0.373 e. The van der Waals surface area contributed by atoms with Gasteiger partial charge in [0.05, 0.1) is 27.2 Å². The molecule has 19 heavy (non-hydrogen) atoms. The van der Waals surface area contributed by atoms with Crippen molar-refractivity contribution in [2.75, 3.05) is 27.2 Å². The van der Waals surface area contributed by atoms with E-state index in [4.69, 9.17) is 9.84 Å². The van der Waals surface area contributed by atoms with Crippen LogP contribution in [0, 0.1) is 0 Å². The number of allylic oxidation sites excluding steroid dienone is 1. The summed E-state index contributed by atoms with van der Waals surface area (Å²) < 4.78 is 5.69. The molecule has 1 rings (SSSR count). The van der Waals surface area contributed by atoms with Gasteiger partial charge in [0.15, 0.2) is 5.76 Å². The van der Waals surface area contributed by atoms with E-state index in [0.717, 1.165) is 17.4 Å². The quantitative estimate of drug-likeness (QED) is 0.282. The van der Waals surface area contributed by atoms with Crippen molar-refractivity contribution in [1.82, 2.24) is 4.48 Å². The first-order valence-corrected chi connectivity index (χ1v) is 6.38. The molecule has 1 aromatic rings. The molecule has 0 bridgehead atoms. The van der Waals surface area contributed by atoms with Crippen LogP contribution in [0.2, 0.25) is 0 Å². The minimum absolute atomic E-state index is 0.311. The Bertz CT molecular complexity index is 438. The molecule has 0 radical (unpaired) electrons. The molecule has 0 fully saturated rings. The van der Waals surface area contributed by atoms with Gasteiger partial charge in [-0.2, -0.15) is 0 Å². The molecule has 0 unspecified atom stereocenters. The molecule has 4 nitrogen and oxygen atoms in total. The lowest BCUT2D eigenvalue weighted by Crippen LogP contribution is -2.41. The maximum absolute atomic E-state index is 11.2. The van der Waals surface area contributed by atoms with Crippen molar-refractivity contribution in [3.63, 3.8) is 0 Å². The van der Waals surface area contributed by atoms with Gasteiger partial charge in [0.2, 0.25) is 0 Å². The molecule has 0 aromatic heterocycles. The summed E-state index contributed by atoms with van der Waals surface area (Å²) in [6.45, 7) is 2.76. The lowest BCUT2D eigenvalue weighted by molar-refractivity contribution is -0.142. The highest BCUT2D eigenvalue weighted by Crippen LogP contribution is 2.18. The zero-order chi connectivity index (χ0) is 14.3. The molecular formula is C15H22NO3+. The molecule has 0 saturated carbocycles. The molecule has 0 aliphatic carbocycles. The highest BCUT2D eigenvalue weighted by Gasteiger charge is 2.18. The average molecular weight is 264 g/mol. The van der Waals surface area contributed by atoms with Gasteiger partial charge in [-0.3, -0.25) is 4.48 Å². The Morgan fingerprint density at radius 1 is 1.32 bits per heavy atom. The molecule has 0 aliphatic heterocycles. The van der Waals surface area contributed by atoms with Crippen LogP contribution in [-0.4, -0.2) is 38.3 Å². The van der Waals surface area contributed by atoms with E-state index < -0.39 is 5.97 Å². The maximum Gasteiger partial charge on any atom is 0.373 e. The van der Waals surface area contributed by atoms with Gasteiger partial charge in [-0.05, 0) is 25.1 Å². The topological polar surface area (TPSA) is 46.5 Å². The van der Waals surface area contributed by atoms with Crippen molar-refractivity contribution in [3.8, 4) is 0 Å². The summed E-state index contributed by atoms with van der Waals surface area (Å²) in [6, 6.07) is 10.2. The number of aliphatic hydroxyl groups is 1. The summed E-state index contributed by atoms with van der Waals surface area (Å²) >= 11 is 0. The minimum atomic E-state index is -0.660. The van der Waals surface area contributed by atoms with E-state index in [1.54, 1.807) is 6.92 Å². The molecule has 1 aromatic carbocycles. The number of aliphatic hydroxyl groups excluding tert-OH is 1. The number of ether oxygens (including phenoxy) is 1. The second-order valence-electron chi connectivity index (χ2n) is 4.91. The number of hydrogen-bond acceptors (Lipinski definition) is 3. The van der Waals surface area contributed by atoms with Crippen LogP contribution in [0.5, 0.6) is 0 Å². The Balaban J connectivity index is 2.39. The van der Waals surface area contributed by atoms with Crippen LogP contribution < -0.4 is 4.48 Å². The third-order valence-electron chi connectivity index (χ3n) is 3.03. The summed E-state index contributed by atoms with van der Waals surface area (Å²) in [5, 5.41) is 9.15. The van der Waals surface area contributed by atoms with Gasteiger partial charge in [0.1, 0.15) is 5.69 Å². The van der Waals surface area contributed by atoms with E-state index in [1.807, 2.05) is 18.2 Å². The second kappa shape index (κ2) is 6.95. The van der Waals surface area contributed by atoms with Crippen LogP contribution in [0.25, 0.3) is 0 Å². The minimum Gasteiger partial charge on any atom is -0.502 e. The van der Waals surface area contributed by atoms with Crippen LogP contribution in [-0.2, 0) is 9.53 Å². The van der Waals surface area contributed by atoms with Gasteiger partial charge in [0, 0.05) is 6.42 Å². The highest BCUT2D eigenvalue weighted by atomic mass is 16.5. The van der Waals surface area contributed by atoms with Crippen molar-refractivity contribution in [1.29, 1.82) is 0 Å². The summed E-state index contributed by atoms with van der Waals surface area (Å²) in [5.74, 6) is -0.996. The Morgan fingerprint density at radius 3 is 2.53 bits per heavy atom. The third kappa shape index (κ3) is 4.75. The zero-order valence-electron chi connectivity index (χ0n) is 11.8. The molecule has 1 N–H and O–H groups in total. The number of nitrogens with zero attached hydrogens (tertiary/aromatic N) is 1. The number of carbonyl (C=O) groups excluding carboxylic acids is 1. The molecular weight excluding hydrogens is 242 g/mol. The monoisotopic (exact) mass is 264 g/mol. The van der Waals surface area contributed by atoms with E-state index in [2.05, 4.69) is 26.2 Å². The predicted molar refractivity (Wildman–Crippen MR) is 76.9 cm³/mol. The number of carbonyl (C=O) groups is 1. The van der Waals surface area contributed by atoms with E-state index in [9.17, 15) is 4.79 Å². The van der Waals surface area contributed by atoms with Crippen molar-refractivity contribution in [3.05, 3.63) is 42.2 Å². The first-order valence-electron chi connectivity index (χ1n) is 6.38. The Labute approximate surface area is 114 Å². The first kappa shape index (κ1) is 15.2. The predicted octanol–water partition coefficient (Wildman–Crippen LogP) is 2.65. The van der Waals surface area contributed by atoms with E-state index >= 15 is 0 Å². The van der Waals surface area contributed by atoms with E-state index in [1.165, 1.54) is 11.8 Å². The van der Waals surface area contributed by atoms with Gasteiger partial charge in [-0.15, -0.1) is 0 Å². The largest absolute Gasteiger partial charge is 0.502 e. The normalized spacial score (nSPS) is 12.3. The lowest BCUT2D eigenvalue weighted by Gasteiger charge is -2.29. The van der Waals surface area contributed by atoms with Gasteiger partial charge in [0.25, 0.3) is 0 Å². The number of quaternary nitrogens is 1. The number of benzene rings is 1. The van der Waals surface area contributed by atoms with Crippen LogP contribution in [0.4, 0.5) is 5.69 Å². The molecule has 0 saturated heterocycles. The summed E-state index contributed by atoms with van der Waals surface area (Å²) in [4.78, 5) is 11.2. The van der Waals surface area contributed by atoms with Crippen molar-refractivity contribution < 1.29 is 14.6 Å². The average Bonchev–Trinajstić information content (AvgIpc) is 2.43. The SMILES string of the molecule is CC=C(O)C(=O)OCCC[N+](C)(C)c1ccccc1. The maximum atomic E-state index is 11.2. The van der Waals surface area contributed by atoms with Gasteiger partial charge in [-0.25, -0.2) is 4.79 Å². The standard InChI is InChI=1S/C15H21NO3/c1-4-14(17)15(18)19-12-8-11-16(2,3)13-9-6-5-7-10-13/h4-7,9-10H,8,11-12H2,1-3H3/p+1. The molecule has 0 atom stereocenters. The number of para-hydroxylation sites is 1.